The molecule has 0 saturated carbocycles. The Labute approximate surface area is 95.6 Å². The van der Waals surface area contributed by atoms with Crippen molar-refractivity contribution < 1.29 is 19.0 Å². The van der Waals surface area contributed by atoms with E-state index in [1.807, 2.05) is 20.8 Å². The van der Waals surface area contributed by atoms with Crippen LogP contribution in [0.15, 0.2) is 0 Å². The Hall–Kier alpha value is -0.650. The fourth-order valence-electron chi connectivity index (χ4n) is 2.21. The molecule has 5 heteroatoms. The first-order valence-corrected chi connectivity index (χ1v) is 5.73. The van der Waals surface area contributed by atoms with Crippen molar-refractivity contribution in [2.75, 3.05) is 26.3 Å². The number of carbonyl (C=O) groups is 1. The van der Waals surface area contributed by atoms with Gasteiger partial charge in [0.1, 0.15) is 18.8 Å². The lowest BCUT2D eigenvalue weighted by atomic mass is 10.3. The fraction of sp³-hybridized carbons (Fsp3) is 0.909. The lowest BCUT2D eigenvalue weighted by Crippen LogP contribution is -2.36. The molecule has 2 saturated heterocycles. The Kier molecular flexibility index (Phi) is 3.19. The Morgan fingerprint density at radius 1 is 1.38 bits per heavy atom. The summed E-state index contributed by atoms with van der Waals surface area (Å²) in [5.41, 5.74) is 0. The summed E-state index contributed by atoms with van der Waals surface area (Å²) < 4.78 is 16.5. The zero-order chi connectivity index (χ0) is 11.8. The topological polar surface area (TPSA) is 48.0 Å². The molecular weight excluding hydrogens is 210 g/mol. The van der Waals surface area contributed by atoms with Crippen molar-refractivity contribution >= 4 is 5.91 Å². The first kappa shape index (κ1) is 11.8. The molecule has 0 aromatic rings. The largest absolute Gasteiger partial charge is 0.372 e. The van der Waals surface area contributed by atoms with Gasteiger partial charge in [-0.1, -0.05) is 0 Å². The second-order valence-electron chi connectivity index (χ2n) is 4.65. The molecule has 0 radical (unpaired) electrons. The lowest BCUT2D eigenvalue weighted by molar-refractivity contribution is -0.161. The quantitative estimate of drug-likeness (QED) is 0.702. The van der Waals surface area contributed by atoms with Gasteiger partial charge in [-0.15, -0.1) is 0 Å². The predicted molar refractivity (Wildman–Crippen MR) is 56.9 cm³/mol. The summed E-state index contributed by atoms with van der Waals surface area (Å²) in [7, 11) is 0. The van der Waals surface area contributed by atoms with E-state index >= 15 is 0 Å². The van der Waals surface area contributed by atoms with E-state index in [2.05, 4.69) is 0 Å². The molecule has 2 aliphatic rings. The fourth-order valence-corrected chi connectivity index (χ4v) is 2.21. The molecule has 0 aromatic carbocycles. The average Bonchev–Trinajstić information content (AvgIpc) is 2.67. The van der Waals surface area contributed by atoms with E-state index in [4.69, 9.17) is 14.2 Å². The first-order chi connectivity index (χ1) is 7.52. The van der Waals surface area contributed by atoms with Crippen LogP contribution in [0.4, 0.5) is 0 Å². The Balaban J connectivity index is 1.85. The van der Waals surface area contributed by atoms with Crippen LogP contribution in [0.25, 0.3) is 0 Å². The summed E-state index contributed by atoms with van der Waals surface area (Å²) >= 11 is 0. The van der Waals surface area contributed by atoms with Crippen molar-refractivity contribution in [1.29, 1.82) is 0 Å². The van der Waals surface area contributed by atoms with Gasteiger partial charge in [-0.05, 0) is 20.8 Å². The van der Waals surface area contributed by atoms with Gasteiger partial charge in [0.2, 0.25) is 5.91 Å². The average molecular weight is 229 g/mol. The van der Waals surface area contributed by atoms with Crippen molar-refractivity contribution in [2.45, 2.75) is 38.8 Å². The highest BCUT2D eigenvalue weighted by Gasteiger charge is 2.47. The van der Waals surface area contributed by atoms with Gasteiger partial charge in [0, 0.05) is 19.7 Å². The number of likely N-dealkylation sites (tertiary alicyclic amines) is 1. The molecule has 0 spiro atoms. The molecule has 2 aliphatic heterocycles. The van der Waals surface area contributed by atoms with Crippen LogP contribution in [0.1, 0.15) is 20.8 Å². The number of hydrogen-bond acceptors (Lipinski definition) is 4. The minimum Gasteiger partial charge on any atom is -0.372 e. The molecule has 1 amide bonds. The van der Waals surface area contributed by atoms with Gasteiger partial charge in [-0.2, -0.15) is 0 Å². The van der Waals surface area contributed by atoms with Crippen LogP contribution in [0.3, 0.4) is 0 Å². The molecule has 2 atom stereocenters. The van der Waals surface area contributed by atoms with Gasteiger partial charge in [0.25, 0.3) is 0 Å². The number of nitrogens with zero attached hydrogens (tertiary/aromatic N) is 1. The molecule has 2 fully saturated rings. The summed E-state index contributed by atoms with van der Waals surface area (Å²) in [4.78, 5) is 13.4. The maximum Gasteiger partial charge on any atom is 0.248 e. The monoisotopic (exact) mass is 229 g/mol. The number of amides is 1. The van der Waals surface area contributed by atoms with E-state index in [9.17, 15) is 4.79 Å². The van der Waals surface area contributed by atoms with E-state index < -0.39 is 5.79 Å². The van der Waals surface area contributed by atoms with E-state index in [1.54, 1.807) is 4.90 Å². The maximum absolute atomic E-state index is 11.7. The lowest BCUT2D eigenvalue weighted by Gasteiger charge is -2.22. The van der Waals surface area contributed by atoms with Crippen LogP contribution in [0.5, 0.6) is 0 Å². The molecule has 0 aromatic heterocycles. The second kappa shape index (κ2) is 4.31. The second-order valence-corrected chi connectivity index (χ2v) is 4.65. The van der Waals surface area contributed by atoms with Crippen LogP contribution in [-0.2, 0) is 19.0 Å². The molecule has 0 bridgehead atoms. The standard InChI is InChI=1S/C11H19NO4/c1-4-14-7-10(13)12-5-8-9(6-12)16-11(2,3)15-8/h8-9H,4-7H2,1-3H3. The van der Waals surface area contributed by atoms with Gasteiger partial charge in [-0.3, -0.25) is 4.79 Å². The van der Waals surface area contributed by atoms with Crippen molar-refractivity contribution in [1.82, 2.24) is 4.90 Å². The number of rotatable bonds is 3. The molecule has 2 unspecified atom stereocenters. The predicted octanol–water partition coefficient (Wildman–Crippen LogP) is 0.385. The Morgan fingerprint density at radius 2 is 1.94 bits per heavy atom. The van der Waals surface area contributed by atoms with Gasteiger partial charge < -0.3 is 19.1 Å². The molecular formula is C11H19NO4. The summed E-state index contributed by atoms with van der Waals surface area (Å²) in [6.07, 6.45) is 0.0288. The number of hydrogen-bond donors (Lipinski definition) is 0. The molecule has 5 nitrogen and oxygen atoms in total. The van der Waals surface area contributed by atoms with E-state index in [0.29, 0.717) is 19.7 Å². The van der Waals surface area contributed by atoms with Crippen molar-refractivity contribution in [3.8, 4) is 0 Å². The van der Waals surface area contributed by atoms with Crippen LogP contribution >= 0.6 is 0 Å². The van der Waals surface area contributed by atoms with E-state index in [1.165, 1.54) is 0 Å². The van der Waals surface area contributed by atoms with Gasteiger partial charge in [0.05, 0.1) is 0 Å². The third-order valence-electron chi connectivity index (χ3n) is 2.87. The van der Waals surface area contributed by atoms with Crippen molar-refractivity contribution in [3.05, 3.63) is 0 Å². The van der Waals surface area contributed by atoms with Crippen LogP contribution in [-0.4, -0.2) is 55.1 Å². The maximum atomic E-state index is 11.7. The highest BCUT2D eigenvalue weighted by atomic mass is 16.8. The van der Waals surface area contributed by atoms with Crippen LogP contribution < -0.4 is 0 Å². The van der Waals surface area contributed by atoms with Crippen LogP contribution in [0, 0.1) is 0 Å². The first-order valence-electron chi connectivity index (χ1n) is 5.73. The highest BCUT2D eigenvalue weighted by Crippen LogP contribution is 2.32. The van der Waals surface area contributed by atoms with Gasteiger partial charge in [0.15, 0.2) is 5.79 Å². The zero-order valence-corrected chi connectivity index (χ0v) is 10.1. The normalized spacial score (nSPS) is 31.8. The highest BCUT2D eigenvalue weighted by molar-refractivity contribution is 5.77. The van der Waals surface area contributed by atoms with Crippen molar-refractivity contribution in [2.24, 2.45) is 0 Å². The third-order valence-corrected chi connectivity index (χ3v) is 2.87. The smallest absolute Gasteiger partial charge is 0.248 e. The minimum atomic E-state index is -0.510. The van der Waals surface area contributed by atoms with E-state index in [-0.39, 0.29) is 24.7 Å². The van der Waals surface area contributed by atoms with Gasteiger partial charge in [-0.25, -0.2) is 0 Å². The number of fused-ring (bicyclic) bond motifs is 1. The summed E-state index contributed by atoms with van der Waals surface area (Å²) in [5.74, 6) is -0.494. The third kappa shape index (κ3) is 2.36. The minimum absolute atomic E-state index is 0.0144. The Morgan fingerprint density at radius 3 is 2.44 bits per heavy atom. The molecule has 2 rings (SSSR count). The zero-order valence-electron chi connectivity index (χ0n) is 10.1. The molecule has 2 heterocycles. The molecule has 16 heavy (non-hydrogen) atoms. The van der Waals surface area contributed by atoms with Gasteiger partial charge >= 0.3 is 0 Å². The SMILES string of the molecule is CCOCC(=O)N1CC2OC(C)(C)OC2C1. The molecule has 0 aliphatic carbocycles. The Bertz CT molecular complexity index is 263. The summed E-state index contributed by atoms with van der Waals surface area (Å²) in [6.45, 7) is 7.61. The van der Waals surface area contributed by atoms with Crippen LogP contribution in [0.2, 0.25) is 0 Å². The molecule has 92 valence electrons. The van der Waals surface area contributed by atoms with Crippen molar-refractivity contribution in [3.63, 3.8) is 0 Å². The number of ether oxygens (including phenoxy) is 3. The molecule has 0 N–H and O–H groups in total. The van der Waals surface area contributed by atoms with E-state index in [0.717, 1.165) is 0 Å². The summed E-state index contributed by atoms with van der Waals surface area (Å²) in [6, 6.07) is 0. The summed E-state index contributed by atoms with van der Waals surface area (Å²) in [5, 5.41) is 0. The number of carbonyl (C=O) groups excluding carboxylic acids is 1.